The molecule has 3 aromatic heterocycles. The maximum atomic E-state index is 12.4. The van der Waals surface area contributed by atoms with Crippen molar-refractivity contribution in [2.45, 2.75) is 6.54 Å². The van der Waals surface area contributed by atoms with E-state index < -0.39 is 0 Å². The molecule has 4 aromatic rings. The quantitative estimate of drug-likeness (QED) is 0.570. The van der Waals surface area contributed by atoms with Gasteiger partial charge < -0.3 is 5.32 Å². The highest BCUT2D eigenvalue weighted by Crippen LogP contribution is 2.14. The van der Waals surface area contributed by atoms with E-state index in [0.717, 1.165) is 10.0 Å². The fourth-order valence-electron chi connectivity index (χ4n) is 2.38. The van der Waals surface area contributed by atoms with Crippen LogP contribution in [0.4, 0.5) is 5.69 Å². The number of hydrogen-bond acceptors (Lipinski definition) is 5. The first-order valence-corrected chi connectivity index (χ1v) is 8.22. The van der Waals surface area contributed by atoms with E-state index in [1.54, 1.807) is 29.3 Å². The molecule has 0 unspecified atom stereocenters. The Labute approximate surface area is 150 Å². The van der Waals surface area contributed by atoms with Crippen LogP contribution in [0.15, 0.2) is 59.6 Å². The van der Waals surface area contributed by atoms with Crippen LogP contribution < -0.4 is 5.32 Å². The first-order chi connectivity index (χ1) is 12.2. The van der Waals surface area contributed by atoms with Crippen molar-refractivity contribution >= 4 is 33.3 Å². The van der Waals surface area contributed by atoms with E-state index in [0.29, 0.717) is 18.0 Å². The fraction of sp³-hybridized carbons (Fsp3) is 0.0625. The van der Waals surface area contributed by atoms with Crippen LogP contribution >= 0.6 is 15.9 Å². The Bertz CT molecular complexity index is 1020. The zero-order valence-electron chi connectivity index (χ0n) is 12.9. The van der Waals surface area contributed by atoms with Gasteiger partial charge in [-0.25, -0.2) is 9.50 Å². The summed E-state index contributed by atoms with van der Waals surface area (Å²) in [6.07, 6.45) is 6.91. The number of rotatable bonds is 4. The third-order valence-corrected chi connectivity index (χ3v) is 3.86. The van der Waals surface area contributed by atoms with Crippen molar-refractivity contribution in [3.8, 4) is 0 Å². The molecular formula is C16H12BrN7O. The lowest BCUT2D eigenvalue weighted by atomic mass is 10.2. The molecule has 0 aliphatic heterocycles. The number of benzene rings is 1. The molecule has 1 amide bonds. The van der Waals surface area contributed by atoms with Gasteiger partial charge >= 0.3 is 0 Å². The highest BCUT2D eigenvalue weighted by Gasteiger charge is 2.13. The van der Waals surface area contributed by atoms with E-state index >= 15 is 0 Å². The molecule has 0 spiro atoms. The summed E-state index contributed by atoms with van der Waals surface area (Å²) in [6.45, 7) is 0.603. The van der Waals surface area contributed by atoms with Gasteiger partial charge in [-0.15, -0.1) is 5.10 Å². The van der Waals surface area contributed by atoms with Gasteiger partial charge in [-0.2, -0.15) is 10.1 Å². The summed E-state index contributed by atoms with van der Waals surface area (Å²) < 4.78 is 4.19. The Balaban J connectivity index is 1.51. The Hall–Kier alpha value is -3.07. The summed E-state index contributed by atoms with van der Waals surface area (Å²) in [4.78, 5) is 20.5. The van der Waals surface area contributed by atoms with Crippen molar-refractivity contribution in [3.05, 3.63) is 71.0 Å². The Morgan fingerprint density at radius 1 is 1.28 bits per heavy atom. The fourth-order valence-corrected chi connectivity index (χ4v) is 2.70. The minimum atomic E-state index is -0.385. The molecular weight excluding hydrogens is 386 g/mol. The average molecular weight is 398 g/mol. The minimum absolute atomic E-state index is 0.0695. The van der Waals surface area contributed by atoms with Crippen LogP contribution in [-0.4, -0.2) is 35.3 Å². The molecule has 0 saturated heterocycles. The molecule has 3 heterocycles. The molecule has 9 heteroatoms. The van der Waals surface area contributed by atoms with Gasteiger partial charge in [0, 0.05) is 24.3 Å². The molecule has 1 N–H and O–H groups in total. The predicted molar refractivity (Wildman–Crippen MR) is 94.2 cm³/mol. The highest BCUT2D eigenvalue weighted by atomic mass is 79.9. The number of fused-ring (bicyclic) bond motifs is 1. The van der Waals surface area contributed by atoms with Crippen LogP contribution in [0.25, 0.3) is 5.78 Å². The predicted octanol–water partition coefficient (Wildman–Crippen LogP) is 2.38. The zero-order chi connectivity index (χ0) is 17.2. The van der Waals surface area contributed by atoms with Crippen LogP contribution in [0.5, 0.6) is 0 Å². The molecule has 0 fully saturated rings. The number of carbonyl (C=O) groups is 1. The van der Waals surface area contributed by atoms with E-state index in [-0.39, 0.29) is 11.7 Å². The van der Waals surface area contributed by atoms with Crippen molar-refractivity contribution in [2.75, 3.05) is 5.32 Å². The first-order valence-electron chi connectivity index (χ1n) is 7.43. The number of nitrogens with one attached hydrogen (secondary N) is 1. The minimum Gasteiger partial charge on any atom is -0.319 e. The van der Waals surface area contributed by atoms with Gasteiger partial charge in [0.15, 0.2) is 0 Å². The maximum absolute atomic E-state index is 12.4. The van der Waals surface area contributed by atoms with Crippen molar-refractivity contribution in [3.63, 3.8) is 0 Å². The molecule has 0 aliphatic carbocycles. The van der Waals surface area contributed by atoms with Gasteiger partial charge in [0.25, 0.3) is 11.7 Å². The zero-order valence-corrected chi connectivity index (χ0v) is 14.5. The summed E-state index contributed by atoms with van der Waals surface area (Å²) in [5, 5.41) is 11.1. The topological polar surface area (TPSA) is 90.0 Å². The molecule has 25 heavy (non-hydrogen) atoms. The number of nitrogens with zero attached hydrogens (tertiary/aromatic N) is 6. The largest absolute Gasteiger partial charge is 0.319 e. The van der Waals surface area contributed by atoms with Crippen LogP contribution in [0.3, 0.4) is 0 Å². The molecule has 0 aliphatic rings. The molecule has 1 aromatic carbocycles. The normalized spacial score (nSPS) is 10.9. The van der Waals surface area contributed by atoms with Gasteiger partial charge in [0.1, 0.15) is 0 Å². The van der Waals surface area contributed by atoms with E-state index in [1.165, 1.54) is 4.52 Å². The second-order valence-electron chi connectivity index (χ2n) is 5.31. The van der Waals surface area contributed by atoms with Gasteiger partial charge in [0.2, 0.25) is 5.82 Å². The second kappa shape index (κ2) is 6.44. The maximum Gasteiger partial charge on any atom is 0.295 e. The first kappa shape index (κ1) is 15.5. The lowest BCUT2D eigenvalue weighted by molar-refractivity contribution is 0.101. The second-order valence-corrected chi connectivity index (χ2v) is 6.23. The third kappa shape index (κ3) is 3.41. The average Bonchev–Trinajstić information content (AvgIpc) is 3.21. The number of amides is 1. The monoisotopic (exact) mass is 397 g/mol. The van der Waals surface area contributed by atoms with Crippen LogP contribution in [0, 0.1) is 0 Å². The smallest absolute Gasteiger partial charge is 0.295 e. The van der Waals surface area contributed by atoms with Crippen LogP contribution in [-0.2, 0) is 6.54 Å². The van der Waals surface area contributed by atoms with E-state index in [2.05, 4.69) is 41.4 Å². The molecule has 124 valence electrons. The standard InChI is InChI=1S/C16H12BrN7O/c17-12-8-19-23(10-12)9-11-3-1-4-13(7-11)20-15(25)14-21-16-18-5-2-6-24(16)22-14/h1-8,10H,9H2,(H,20,25). The lowest BCUT2D eigenvalue weighted by Crippen LogP contribution is -2.14. The van der Waals surface area contributed by atoms with E-state index in [4.69, 9.17) is 0 Å². The summed E-state index contributed by atoms with van der Waals surface area (Å²) in [7, 11) is 0. The highest BCUT2D eigenvalue weighted by molar-refractivity contribution is 9.10. The summed E-state index contributed by atoms with van der Waals surface area (Å²) in [5.74, 6) is 0.0650. The molecule has 0 radical (unpaired) electrons. The number of hydrogen-bond donors (Lipinski definition) is 1. The summed E-state index contributed by atoms with van der Waals surface area (Å²) >= 11 is 3.37. The van der Waals surface area contributed by atoms with E-state index in [1.807, 2.05) is 30.5 Å². The van der Waals surface area contributed by atoms with Crippen LogP contribution in [0.2, 0.25) is 0 Å². The Kier molecular flexibility index (Phi) is 3.98. The number of halogens is 1. The number of anilines is 1. The molecule has 8 nitrogen and oxygen atoms in total. The molecule has 0 bridgehead atoms. The number of aromatic nitrogens is 6. The Morgan fingerprint density at radius 2 is 2.20 bits per heavy atom. The molecule has 0 atom stereocenters. The van der Waals surface area contributed by atoms with Crippen molar-refractivity contribution in [2.24, 2.45) is 0 Å². The third-order valence-electron chi connectivity index (χ3n) is 3.45. The summed E-state index contributed by atoms with van der Waals surface area (Å²) in [6, 6.07) is 9.27. The van der Waals surface area contributed by atoms with Gasteiger partial charge in [-0.3, -0.25) is 9.48 Å². The van der Waals surface area contributed by atoms with Gasteiger partial charge in [0.05, 0.1) is 17.2 Å². The van der Waals surface area contributed by atoms with Crippen molar-refractivity contribution in [1.82, 2.24) is 29.4 Å². The SMILES string of the molecule is O=C(Nc1cccc(Cn2cc(Br)cn2)c1)c1nc2ncccn2n1. The van der Waals surface area contributed by atoms with E-state index in [9.17, 15) is 4.79 Å². The van der Waals surface area contributed by atoms with Gasteiger partial charge in [-0.1, -0.05) is 12.1 Å². The van der Waals surface area contributed by atoms with Gasteiger partial charge in [-0.05, 0) is 39.7 Å². The lowest BCUT2D eigenvalue weighted by Gasteiger charge is -2.06. The Morgan fingerprint density at radius 3 is 3.00 bits per heavy atom. The number of carbonyl (C=O) groups excluding carboxylic acids is 1. The van der Waals surface area contributed by atoms with Crippen molar-refractivity contribution < 1.29 is 4.79 Å². The van der Waals surface area contributed by atoms with Crippen LogP contribution in [0.1, 0.15) is 16.2 Å². The summed E-state index contributed by atoms with van der Waals surface area (Å²) in [5.41, 5.74) is 1.68. The molecule has 0 saturated carbocycles. The molecule has 4 rings (SSSR count). The van der Waals surface area contributed by atoms with Crippen molar-refractivity contribution in [1.29, 1.82) is 0 Å².